The number of rotatable bonds is 9. The van der Waals surface area contributed by atoms with E-state index in [1.165, 1.54) is 12.8 Å². The molecule has 3 heteroatoms. The first-order chi connectivity index (χ1) is 10.0. The molecule has 0 aliphatic rings. The lowest BCUT2D eigenvalue weighted by atomic mass is 10.0. The van der Waals surface area contributed by atoms with Gasteiger partial charge in [-0.2, -0.15) is 0 Å². The minimum Gasteiger partial charge on any atom is -0.324 e. The summed E-state index contributed by atoms with van der Waals surface area (Å²) >= 11 is 0. The van der Waals surface area contributed by atoms with Gasteiger partial charge in [-0.15, -0.1) is 0 Å². The number of aryl methyl sites for hydroxylation is 1. The van der Waals surface area contributed by atoms with E-state index in [0.29, 0.717) is 5.56 Å². The van der Waals surface area contributed by atoms with Crippen molar-refractivity contribution < 1.29 is 4.39 Å². The van der Waals surface area contributed by atoms with Gasteiger partial charge in [-0.25, -0.2) is 4.39 Å². The normalized spacial score (nSPS) is 13.1. The van der Waals surface area contributed by atoms with Crippen molar-refractivity contribution in [3.63, 3.8) is 0 Å². The number of hydrogen-bond donors (Lipinski definition) is 1. The third-order valence-electron chi connectivity index (χ3n) is 4.50. The second-order valence-corrected chi connectivity index (χ2v) is 5.98. The lowest BCUT2D eigenvalue weighted by Crippen LogP contribution is -2.31. The molecular formula is C18H31FN2. The first kappa shape index (κ1) is 18.1. The quantitative estimate of drug-likeness (QED) is 0.736. The molecule has 0 aliphatic heterocycles. The van der Waals surface area contributed by atoms with Gasteiger partial charge < -0.3 is 10.6 Å². The van der Waals surface area contributed by atoms with Crippen LogP contribution in [0.25, 0.3) is 0 Å². The van der Waals surface area contributed by atoms with Crippen LogP contribution in [-0.4, -0.2) is 24.5 Å². The summed E-state index contributed by atoms with van der Waals surface area (Å²) in [7, 11) is 0. The highest BCUT2D eigenvalue weighted by Gasteiger charge is 2.13. The van der Waals surface area contributed by atoms with Gasteiger partial charge in [-0.05, 0) is 49.5 Å². The number of nitrogens with zero attached hydrogens (tertiary/aromatic N) is 1. The van der Waals surface area contributed by atoms with E-state index in [0.717, 1.165) is 37.5 Å². The van der Waals surface area contributed by atoms with Crippen LogP contribution in [0.3, 0.4) is 0 Å². The van der Waals surface area contributed by atoms with Crippen molar-refractivity contribution in [3.8, 4) is 0 Å². The number of nitrogens with two attached hydrogens (primary N) is 1. The van der Waals surface area contributed by atoms with Gasteiger partial charge in [0.05, 0.1) is 0 Å². The molecule has 0 aliphatic carbocycles. The van der Waals surface area contributed by atoms with E-state index in [9.17, 15) is 4.39 Å². The van der Waals surface area contributed by atoms with Crippen LogP contribution >= 0.6 is 0 Å². The Morgan fingerprint density at radius 1 is 1.19 bits per heavy atom. The maximum Gasteiger partial charge on any atom is 0.126 e. The van der Waals surface area contributed by atoms with Gasteiger partial charge >= 0.3 is 0 Å². The van der Waals surface area contributed by atoms with Gasteiger partial charge in [0, 0.05) is 12.6 Å². The van der Waals surface area contributed by atoms with Crippen molar-refractivity contribution in [2.75, 3.05) is 19.6 Å². The van der Waals surface area contributed by atoms with Crippen molar-refractivity contribution in [3.05, 3.63) is 35.1 Å². The van der Waals surface area contributed by atoms with E-state index >= 15 is 0 Å². The molecule has 0 bridgehead atoms. The summed E-state index contributed by atoms with van der Waals surface area (Å²) in [5.41, 5.74) is 7.79. The van der Waals surface area contributed by atoms with Crippen LogP contribution < -0.4 is 5.73 Å². The van der Waals surface area contributed by atoms with Gasteiger partial charge in [0.2, 0.25) is 0 Å². The Balaban J connectivity index is 2.53. The molecule has 0 fully saturated rings. The highest BCUT2D eigenvalue weighted by Crippen LogP contribution is 2.18. The van der Waals surface area contributed by atoms with Crippen LogP contribution in [0.15, 0.2) is 18.2 Å². The molecule has 0 radical (unpaired) electrons. The van der Waals surface area contributed by atoms with E-state index < -0.39 is 0 Å². The average Bonchev–Trinajstić information content (AvgIpc) is 2.50. The van der Waals surface area contributed by atoms with Crippen LogP contribution in [0, 0.1) is 18.7 Å². The van der Waals surface area contributed by atoms with Crippen LogP contribution in [-0.2, 0) is 0 Å². The molecule has 2 N–H and O–H groups in total. The summed E-state index contributed by atoms with van der Waals surface area (Å²) < 4.78 is 13.6. The molecule has 0 heterocycles. The minimum atomic E-state index is -0.160. The second-order valence-electron chi connectivity index (χ2n) is 5.98. The second kappa shape index (κ2) is 9.16. The zero-order valence-corrected chi connectivity index (χ0v) is 14.0. The fraction of sp³-hybridized carbons (Fsp3) is 0.667. The van der Waals surface area contributed by atoms with E-state index in [1.54, 1.807) is 13.0 Å². The van der Waals surface area contributed by atoms with Crippen molar-refractivity contribution in [2.24, 2.45) is 11.7 Å². The Labute approximate surface area is 129 Å². The van der Waals surface area contributed by atoms with E-state index in [4.69, 9.17) is 5.73 Å². The fourth-order valence-corrected chi connectivity index (χ4v) is 2.62. The van der Waals surface area contributed by atoms with Crippen molar-refractivity contribution >= 4 is 0 Å². The Morgan fingerprint density at radius 3 is 2.38 bits per heavy atom. The highest BCUT2D eigenvalue weighted by atomic mass is 19.1. The maximum atomic E-state index is 13.6. The van der Waals surface area contributed by atoms with E-state index in [1.807, 2.05) is 12.1 Å². The predicted octanol–water partition coefficient (Wildman–Crippen LogP) is 4.28. The van der Waals surface area contributed by atoms with Gasteiger partial charge in [0.15, 0.2) is 0 Å². The molecule has 0 spiro atoms. The fourth-order valence-electron chi connectivity index (χ4n) is 2.62. The number of halogens is 1. The SMILES string of the molecule is CCC(CC)CN(CC)CCC(N)c1ccc(C)c(F)c1. The average molecular weight is 294 g/mol. The topological polar surface area (TPSA) is 29.3 Å². The summed E-state index contributed by atoms with van der Waals surface area (Å²) in [6, 6.07) is 5.25. The van der Waals surface area contributed by atoms with Gasteiger partial charge in [0.25, 0.3) is 0 Å². The van der Waals surface area contributed by atoms with Gasteiger partial charge in [0.1, 0.15) is 5.82 Å². The zero-order valence-electron chi connectivity index (χ0n) is 14.0. The third kappa shape index (κ3) is 5.76. The van der Waals surface area contributed by atoms with Crippen LogP contribution in [0.1, 0.15) is 57.2 Å². The minimum absolute atomic E-state index is 0.0872. The molecule has 21 heavy (non-hydrogen) atoms. The number of hydrogen-bond acceptors (Lipinski definition) is 2. The molecule has 1 unspecified atom stereocenters. The molecule has 0 amide bonds. The molecule has 1 aromatic carbocycles. The zero-order chi connectivity index (χ0) is 15.8. The molecule has 1 atom stereocenters. The Kier molecular flexibility index (Phi) is 7.91. The van der Waals surface area contributed by atoms with Crippen LogP contribution in [0.5, 0.6) is 0 Å². The Morgan fingerprint density at radius 2 is 1.86 bits per heavy atom. The summed E-state index contributed by atoms with van der Waals surface area (Å²) in [6.45, 7) is 11.6. The Bertz CT molecular complexity index is 416. The highest BCUT2D eigenvalue weighted by molar-refractivity contribution is 5.25. The lowest BCUT2D eigenvalue weighted by Gasteiger charge is -2.26. The van der Waals surface area contributed by atoms with Gasteiger partial charge in [-0.1, -0.05) is 45.7 Å². The van der Waals surface area contributed by atoms with E-state index in [-0.39, 0.29) is 11.9 Å². The molecule has 2 nitrogen and oxygen atoms in total. The summed E-state index contributed by atoms with van der Waals surface area (Å²) in [6.07, 6.45) is 3.32. The molecule has 0 aromatic heterocycles. The summed E-state index contributed by atoms with van der Waals surface area (Å²) in [5, 5.41) is 0. The summed E-state index contributed by atoms with van der Waals surface area (Å²) in [4.78, 5) is 2.46. The smallest absolute Gasteiger partial charge is 0.126 e. The van der Waals surface area contributed by atoms with Gasteiger partial charge in [-0.3, -0.25) is 0 Å². The third-order valence-corrected chi connectivity index (χ3v) is 4.50. The van der Waals surface area contributed by atoms with Crippen molar-refractivity contribution in [2.45, 2.75) is 53.0 Å². The number of benzene rings is 1. The molecule has 1 rings (SSSR count). The summed E-state index contributed by atoms with van der Waals surface area (Å²) in [5.74, 6) is 0.602. The molecule has 0 saturated carbocycles. The Hall–Kier alpha value is -0.930. The first-order valence-electron chi connectivity index (χ1n) is 8.25. The molecular weight excluding hydrogens is 263 g/mol. The van der Waals surface area contributed by atoms with Crippen molar-refractivity contribution in [1.29, 1.82) is 0 Å². The molecule has 1 aromatic rings. The first-order valence-corrected chi connectivity index (χ1v) is 8.25. The lowest BCUT2D eigenvalue weighted by molar-refractivity contribution is 0.226. The monoisotopic (exact) mass is 294 g/mol. The molecule has 0 saturated heterocycles. The molecule has 120 valence electrons. The standard InChI is InChI=1S/C18H31FN2/c1-5-15(6-2)13-21(7-3)11-10-18(20)16-9-8-14(4)17(19)12-16/h8-9,12,15,18H,5-7,10-11,13,20H2,1-4H3. The maximum absolute atomic E-state index is 13.6. The predicted molar refractivity (Wildman–Crippen MR) is 88.9 cm³/mol. The largest absolute Gasteiger partial charge is 0.324 e. The van der Waals surface area contributed by atoms with Crippen LogP contribution in [0.2, 0.25) is 0 Å². The van der Waals surface area contributed by atoms with Crippen molar-refractivity contribution in [1.82, 2.24) is 4.90 Å². The van der Waals surface area contributed by atoms with Crippen LogP contribution in [0.4, 0.5) is 4.39 Å². The van der Waals surface area contributed by atoms with E-state index in [2.05, 4.69) is 25.7 Å².